The quantitative estimate of drug-likeness (QED) is 0.883. The summed E-state index contributed by atoms with van der Waals surface area (Å²) in [6.07, 6.45) is 2.60. The number of carbonyl (C=O) groups is 1. The minimum Gasteiger partial charge on any atom is -0.356 e. The maximum absolute atomic E-state index is 11.5. The minimum absolute atomic E-state index is 0.136. The predicted molar refractivity (Wildman–Crippen MR) is 73.7 cm³/mol. The molecule has 2 N–H and O–H groups in total. The van der Waals surface area contributed by atoms with Crippen LogP contribution in [0.25, 0.3) is 0 Å². The number of amides is 1. The summed E-state index contributed by atoms with van der Waals surface area (Å²) in [5.41, 5.74) is 1.09. The zero-order valence-corrected chi connectivity index (χ0v) is 11.3. The Morgan fingerprint density at radius 1 is 1.44 bits per heavy atom. The molecular formula is C14H19ClN2O. The lowest BCUT2D eigenvalue weighted by Gasteiger charge is -2.22. The molecule has 2 rings (SSSR count). The smallest absolute Gasteiger partial charge is 0.221 e. The first-order valence-corrected chi connectivity index (χ1v) is 6.82. The Morgan fingerprint density at radius 2 is 2.22 bits per heavy atom. The number of nitrogens with one attached hydrogen (secondary N) is 2. The Morgan fingerprint density at radius 3 is 3.00 bits per heavy atom. The molecule has 98 valence electrons. The second kappa shape index (κ2) is 6.21. The summed E-state index contributed by atoms with van der Waals surface area (Å²) in [7, 11) is 0. The van der Waals surface area contributed by atoms with Crippen molar-refractivity contribution in [1.82, 2.24) is 10.6 Å². The second-order valence-electron chi connectivity index (χ2n) is 4.80. The maximum atomic E-state index is 11.5. The van der Waals surface area contributed by atoms with Gasteiger partial charge in [-0.1, -0.05) is 29.8 Å². The number of rotatable bonds is 3. The van der Waals surface area contributed by atoms with Gasteiger partial charge in [0, 0.05) is 30.1 Å². The molecule has 0 aliphatic carbocycles. The summed E-state index contributed by atoms with van der Waals surface area (Å²) >= 11 is 6.18. The van der Waals surface area contributed by atoms with Crippen molar-refractivity contribution < 1.29 is 4.79 Å². The van der Waals surface area contributed by atoms with Crippen molar-refractivity contribution >= 4 is 17.5 Å². The van der Waals surface area contributed by atoms with Crippen LogP contribution in [-0.4, -0.2) is 18.5 Å². The van der Waals surface area contributed by atoms with E-state index in [1.54, 1.807) is 0 Å². The van der Waals surface area contributed by atoms with E-state index < -0.39 is 0 Å². The second-order valence-corrected chi connectivity index (χ2v) is 5.21. The number of benzene rings is 1. The summed E-state index contributed by atoms with van der Waals surface area (Å²) in [5, 5.41) is 7.17. The lowest BCUT2D eigenvalue weighted by atomic mass is 10.0. The number of hydrogen-bond acceptors (Lipinski definition) is 2. The fraction of sp³-hybridized carbons (Fsp3) is 0.500. The van der Waals surface area contributed by atoms with Gasteiger partial charge in [-0.15, -0.1) is 0 Å². The van der Waals surface area contributed by atoms with Gasteiger partial charge in [0.25, 0.3) is 0 Å². The van der Waals surface area contributed by atoms with Gasteiger partial charge in [-0.05, 0) is 31.4 Å². The van der Waals surface area contributed by atoms with Crippen molar-refractivity contribution in [2.75, 3.05) is 6.54 Å². The molecule has 1 fully saturated rings. The van der Waals surface area contributed by atoms with Crippen molar-refractivity contribution in [3.63, 3.8) is 0 Å². The molecule has 1 aliphatic heterocycles. The van der Waals surface area contributed by atoms with Gasteiger partial charge in [-0.2, -0.15) is 0 Å². The molecule has 1 unspecified atom stereocenters. The molecule has 1 amide bonds. The molecule has 0 bridgehead atoms. The Hall–Kier alpha value is -1.06. The van der Waals surface area contributed by atoms with Crippen molar-refractivity contribution in [3.05, 3.63) is 34.9 Å². The van der Waals surface area contributed by atoms with Gasteiger partial charge in [-0.25, -0.2) is 0 Å². The van der Waals surface area contributed by atoms with E-state index >= 15 is 0 Å². The summed E-state index contributed by atoms with van der Waals surface area (Å²) in [6, 6.07) is 8.23. The molecule has 0 saturated carbocycles. The van der Waals surface area contributed by atoms with Gasteiger partial charge in [0.05, 0.1) is 0 Å². The summed E-state index contributed by atoms with van der Waals surface area (Å²) < 4.78 is 0. The molecule has 1 saturated heterocycles. The van der Waals surface area contributed by atoms with Gasteiger partial charge in [0.2, 0.25) is 5.91 Å². The number of carbonyl (C=O) groups excluding carboxylic acids is 1. The first-order chi connectivity index (χ1) is 8.66. The van der Waals surface area contributed by atoms with E-state index in [0.717, 1.165) is 30.0 Å². The van der Waals surface area contributed by atoms with Crippen molar-refractivity contribution in [1.29, 1.82) is 0 Å². The Labute approximate surface area is 113 Å². The molecule has 0 aromatic heterocycles. The van der Waals surface area contributed by atoms with Gasteiger partial charge >= 0.3 is 0 Å². The summed E-state index contributed by atoms with van der Waals surface area (Å²) in [6.45, 7) is 2.88. The van der Waals surface area contributed by atoms with Gasteiger partial charge < -0.3 is 10.6 Å². The van der Waals surface area contributed by atoms with Gasteiger partial charge in [0.15, 0.2) is 0 Å². The molecule has 0 spiro atoms. The highest BCUT2D eigenvalue weighted by Gasteiger charge is 2.20. The molecule has 1 aliphatic rings. The standard InChI is InChI=1S/C14H19ClN2O/c1-10(12-6-2-3-7-13(12)15)17-11-5-4-8-16-14(18)9-11/h2-3,6-7,10-11,17H,4-5,8-9H2,1H3,(H,16,18)/t10-,11?/m1/s1. The molecule has 2 atom stereocenters. The lowest BCUT2D eigenvalue weighted by molar-refractivity contribution is -0.121. The maximum Gasteiger partial charge on any atom is 0.221 e. The summed E-state index contributed by atoms with van der Waals surface area (Å²) in [5.74, 6) is 0.136. The van der Waals surface area contributed by atoms with Gasteiger partial charge in [-0.3, -0.25) is 4.79 Å². The first kappa shape index (κ1) is 13.4. The third kappa shape index (κ3) is 3.47. The highest BCUT2D eigenvalue weighted by atomic mass is 35.5. The molecule has 1 heterocycles. The van der Waals surface area contributed by atoms with Crippen LogP contribution >= 0.6 is 11.6 Å². The van der Waals surface area contributed by atoms with E-state index in [9.17, 15) is 4.79 Å². The third-order valence-electron chi connectivity index (χ3n) is 3.34. The number of halogens is 1. The van der Waals surface area contributed by atoms with Crippen LogP contribution in [0.15, 0.2) is 24.3 Å². The Kier molecular flexibility index (Phi) is 4.61. The van der Waals surface area contributed by atoms with Crippen LogP contribution in [0.3, 0.4) is 0 Å². The van der Waals surface area contributed by atoms with Crippen LogP contribution in [0.4, 0.5) is 0 Å². The topological polar surface area (TPSA) is 41.1 Å². The Balaban J connectivity index is 2.00. The minimum atomic E-state index is 0.136. The molecule has 1 aromatic carbocycles. The van der Waals surface area contributed by atoms with E-state index in [4.69, 9.17) is 11.6 Å². The average molecular weight is 267 g/mol. The van der Waals surface area contributed by atoms with Crippen LogP contribution in [0.2, 0.25) is 5.02 Å². The zero-order chi connectivity index (χ0) is 13.0. The molecule has 1 aromatic rings. The monoisotopic (exact) mass is 266 g/mol. The number of hydrogen-bond donors (Lipinski definition) is 2. The average Bonchev–Trinajstić information content (AvgIpc) is 2.54. The molecule has 4 heteroatoms. The third-order valence-corrected chi connectivity index (χ3v) is 3.68. The molecule has 0 radical (unpaired) electrons. The summed E-state index contributed by atoms with van der Waals surface area (Å²) in [4.78, 5) is 11.5. The van der Waals surface area contributed by atoms with E-state index in [2.05, 4.69) is 17.6 Å². The van der Waals surface area contributed by atoms with Crippen molar-refractivity contribution in [2.24, 2.45) is 0 Å². The first-order valence-electron chi connectivity index (χ1n) is 6.44. The van der Waals surface area contributed by atoms with Crippen LogP contribution in [0.1, 0.15) is 37.8 Å². The van der Waals surface area contributed by atoms with Crippen LogP contribution in [0.5, 0.6) is 0 Å². The van der Waals surface area contributed by atoms with Crippen LogP contribution < -0.4 is 10.6 Å². The van der Waals surface area contributed by atoms with Crippen LogP contribution in [0, 0.1) is 0 Å². The van der Waals surface area contributed by atoms with Crippen molar-refractivity contribution in [3.8, 4) is 0 Å². The molecule has 3 nitrogen and oxygen atoms in total. The highest BCUT2D eigenvalue weighted by molar-refractivity contribution is 6.31. The highest BCUT2D eigenvalue weighted by Crippen LogP contribution is 2.23. The predicted octanol–water partition coefficient (Wildman–Crippen LogP) is 2.66. The SMILES string of the molecule is C[C@@H](NC1CCCNC(=O)C1)c1ccccc1Cl. The Bertz CT molecular complexity index is 422. The lowest BCUT2D eigenvalue weighted by Crippen LogP contribution is -2.34. The molecular weight excluding hydrogens is 248 g/mol. The molecule has 18 heavy (non-hydrogen) atoms. The largest absolute Gasteiger partial charge is 0.356 e. The van der Waals surface area contributed by atoms with E-state index in [1.807, 2.05) is 24.3 Å². The van der Waals surface area contributed by atoms with E-state index in [1.165, 1.54) is 0 Å². The van der Waals surface area contributed by atoms with E-state index in [0.29, 0.717) is 6.42 Å². The fourth-order valence-corrected chi connectivity index (χ4v) is 2.69. The van der Waals surface area contributed by atoms with Crippen molar-refractivity contribution in [2.45, 2.75) is 38.3 Å². The normalized spacial score (nSPS) is 22.1. The van der Waals surface area contributed by atoms with Gasteiger partial charge in [0.1, 0.15) is 0 Å². The van der Waals surface area contributed by atoms with Crippen LogP contribution in [-0.2, 0) is 4.79 Å². The zero-order valence-electron chi connectivity index (χ0n) is 10.6. The van der Waals surface area contributed by atoms with E-state index in [-0.39, 0.29) is 18.0 Å². The fourth-order valence-electron chi connectivity index (χ4n) is 2.39.